The highest BCUT2D eigenvalue weighted by Gasteiger charge is 2.07. The van der Waals surface area contributed by atoms with E-state index < -0.39 is 0 Å². The molecule has 2 aromatic rings. The van der Waals surface area contributed by atoms with E-state index in [1.54, 1.807) is 42.3 Å². The van der Waals surface area contributed by atoms with Crippen LogP contribution >= 0.6 is 47.1 Å². The average molecular weight is 480 g/mol. The molecule has 0 aliphatic rings. The third kappa shape index (κ3) is 7.35. The molecule has 0 saturated carbocycles. The van der Waals surface area contributed by atoms with E-state index in [9.17, 15) is 4.39 Å². The number of nitrogens with one attached hydrogen (secondary N) is 1. The number of aromatic nitrogens is 1. The molecule has 1 heterocycles. The molecule has 4 nitrogen and oxygen atoms in total. The van der Waals surface area contributed by atoms with Gasteiger partial charge in [0.25, 0.3) is 0 Å². The van der Waals surface area contributed by atoms with Crippen molar-refractivity contribution in [1.82, 2.24) is 15.2 Å². The van der Waals surface area contributed by atoms with Gasteiger partial charge in [-0.2, -0.15) is 0 Å². The lowest BCUT2D eigenvalue weighted by molar-refractivity contribution is 0.475. The van der Waals surface area contributed by atoms with Crippen molar-refractivity contribution >= 4 is 53.0 Å². The Labute approximate surface area is 168 Å². The largest absolute Gasteiger partial charge is 0.356 e. The Morgan fingerprint density at radius 3 is 2.96 bits per heavy atom. The van der Waals surface area contributed by atoms with Crippen LogP contribution in [0.5, 0.6) is 0 Å². The fourth-order valence-electron chi connectivity index (χ4n) is 2.08. The Morgan fingerprint density at radius 1 is 1.46 bits per heavy atom. The van der Waals surface area contributed by atoms with Crippen LogP contribution in [-0.4, -0.2) is 42.2 Å². The van der Waals surface area contributed by atoms with Gasteiger partial charge in [-0.3, -0.25) is 4.99 Å². The first-order valence-electron chi connectivity index (χ1n) is 7.37. The van der Waals surface area contributed by atoms with Crippen LogP contribution in [0.2, 0.25) is 0 Å². The normalized spacial score (nSPS) is 11.0. The third-order valence-corrected chi connectivity index (χ3v) is 5.17. The van der Waals surface area contributed by atoms with Crippen LogP contribution < -0.4 is 5.32 Å². The zero-order chi connectivity index (χ0) is 16.5. The van der Waals surface area contributed by atoms with Gasteiger partial charge in [-0.05, 0) is 24.1 Å². The standard InChI is InChI=1S/C16H21FN4S2.HI/c1-18-15(19-7-4-9-22-16-20-8-10-23-16)21(2)12-13-5-3-6-14(17)11-13;/h3,5-6,8,10-11H,4,7,9,12H2,1-2H3,(H,18,19);1H. The zero-order valence-electron chi connectivity index (χ0n) is 13.7. The maximum atomic E-state index is 13.2. The van der Waals surface area contributed by atoms with Crippen LogP contribution in [-0.2, 0) is 6.54 Å². The summed E-state index contributed by atoms with van der Waals surface area (Å²) >= 11 is 3.44. The van der Waals surface area contributed by atoms with E-state index in [0.717, 1.165) is 34.6 Å². The summed E-state index contributed by atoms with van der Waals surface area (Å²) < 4.78 is 14.3. The zero-order valence-corrected chi connectivity index (χ0v) is 17.7. The van der Waals surface area contributed by atoms with Gasteiger partial charge < -0.3 is 10.2 Å². The van der Waals surface area contributed by atoms with Crippen LogP contribution in [0.4, 0.5) is 4.39 Å². The van der Waals surface area contributed by atoms with E-state index in [2.05, 4.69) is 15.3 Å². The predicted molar refractivity (Wildman–Crippen MR) is 112 cm³/mol. The van der Waals surface area contributed by atoms with Gasteiger partial charge in [-0.15, -0.1) is 35.3 Å². The number of rotatable bonds is 7. The minimum Gasteiger partial charge on any atom is -0.356 e. The number of nitrogens with zero attached hydrogens (tertiary/aromatic N) is 3. The number of thioether (sulfide) groups is 1. The third-order valence-electron chi connectivity index (χ3n) is 3.12. The quantitative estimate of drug-likeness (QED) is 0.213. The number of aliphatic imine (C=N–C) groups is 1. The second-order valence-electron chi connectivity index (χ2n) is 4.96. The summed E-state index contributed by atoms with van der Waals surface area (Å²) in [6, 6.07) is 6.65. The van der Waals surface area contributed by atoms with E-state index in [0.29, 0.717) is 6.54 Å². The molecule has 0 atom stereocenters. The van der Waals surface area contributed by atoms with E-state index in [1.807, 2.05) is 29.6 Å². The fourth-order valence-corrected chi connectivity index (χ4v) is 3.73. The minimum atomic E-state index is -0.210. The van der Waals surface area contributed by atoms with Crippen molar-refractivity contribution in [3.63, 3.8) is 0 Å². The molecule has 1 aromatic carbocycles. The summed E-state index contributed by atoms with van der Waals surface area (Å²) in [7, 11) is 3.71. The molecule has 0 saturated heterocycles. The van der Waals surface area contributed by atoms with E-state index in [4.69, 9.17) is 0 Å². The molecule has 2 rings (SSSR count). The van der Waals surface area contributed by atoms with Gasteiger partial charge in [0.1, 0.15) is 10.2 Å². The molecule has 0 amide bonds. The Morgan fingerprint density at radius 2 is 2.29 bits per heavy atom. The Balaban J connectivity index is 0.00000288. The van der Waals surface area contributed by atoms with Crippen LogP contribution in [0, 0.1) is 5.82 Å². The lowest BCUT2D eigenvalue weighted by Gasteiger charge is -2.22. The maximum Gasteiger partial charge on any atom is 0.193 e. The van der Waals surface area contributed by atoms with E-state index in [-0.39, 0.29) is 29.8 Å². The molecule has 0 unspecified atom stereocenters. The highest BCUT2D eigenvalue weighted by atomic mass is 127. The number of thiazole rings is 1. The van der Waals surface area contributed by atoms with Crippen molar-refractivity contribution in [2.75, 3.05) is 26.4 Å². The molecule has 0 radical (unpaired) electrons. The van der Waals surface area contributed by atoms with Gasteiger partial charge in [0, 0.05) is 44.5 Å². The van der Waals surface area contributed by atoms with Crippen molar-refractivity contribution in [2.24, 2.45) is 4.99 Å². The summed E-state index contributed by atoms with van der Waals surface area (Å²) in [4.78, 5) is 10.5. The first-order valence-corrected chi connectivity index (χ1v) is 9.24. The van der Waals surface area contributed by atoms with Crippen LogP contribution in [0.15, 0.2) is 45.2 Å². The van der Waals surface area contributed by atoms with Crippen LogP contribution in [0.1, 0.15) is 12.0 Å². The molecule has 1 aromatic heterocycles. The number of benzene rings is 1. The summed E-state index contributed by atoms with van der Waals surface area (Å²) in [6.07, 6.45) is 2.85. The second-order valence-corrected chi connectivity index (χ2v) is 7.20. The van der Waals surface area contributed by atoms with Gasteiger partial charge in [0.15, 0.2) is 5.96 Å². The minimum absolute atomic E-state index is 0. The Kier molecular flexibility index (Phi) is 10.3. The lowest BCUT2D eigenvalue weighted by atomic mass is 10.2. The monoisotopic (exact) mass is 480 g/mol. The molecule has 132 valence electrons. The highest BCUT2D eigenvalue weighted by molar-refractivity contribution is 14.0. The molecule has 0 spiro atoms. The Hall–Kier alpha value is -0.870. The van der Waals surface area contributed by atoms with Crippen molar-refractivity contribution in [2.45, 2.75) is 17.3 Å². The van der Waals surface area contributed by atoms with Crippen molar-refractivity contribution < 1.29 is 4.39 Å². The molecule has 0 fully saturated rings. The molecule has 24 heavy (non-hydrogen) atoms. The first-order chi connectivity index (χ1) is 11.2. The van der Waals surface area contributed by atoms with Gasteiger partial charge in [0.05, 0.1) is 0 Å². The summed E-state index contributed by atoms with van der Waals surface area (Å²) in [5, 5.41) is 5.33. The fraction of sp³-hybridized carbons (Fsp3) is 0.375. The summed E-state index contributed by atoms with van der Waals surface area (Å²) in [5.41, 5.74) is 0.926. The van der Waals surface area contributed by atoms with Crippen LogP contribution in [0.3, 0.4) is 0 Å². The first kappa shape index (κ1) is 21.2. The van der Waals surface area contributed by atoms with Gasteiger partial charge in [0.2, 0.25) is 0 Å². The molecule has 0 aliphatic heterocycles. The average Bonchev–Trinajstić information content (AvgIpc) is 3.04. The SMILES string of the molecule is CN=C(NCCCSc1nccs1)N(C)Cc1cccc(F)c1.I. The molecular weight excluding hydrogens is 458 g/mol. The summed E-state index contributed by atoms with van der Waals surface area (Å²) in [6.45, 7) is 1.46. The predicted octanol–water partition coefficient (Wildman–Crippen LogP) is 4.09. The molecule has 0 aliphatic carbocycles. The van der Waals surface area contributed by atoms with Gasteiger partial charge in [-0.1, -0.05) is 23.9 Å². The van der Waals surface area contributed by atoms with Gasteiger partial charge in [-0.25, -0.2) is 9.37 Å². The van der Waals surface area contributed by atoms with Crippen molar-refractivity contribution in [3.05, 3.63) is 47.2 Å². The maximum absolute atomic E-state index is 13.2. The van der Waals surface area contributed by atoms with Gasteiger partial charge >= 0.3 is 0 Å². The lowest BCUT2D eigenvalue weighted by Crippen LogP contribution is -2.39. The van der Waals surface area contributed by atoms with E-state index in [1.165, 1.54) is 6.07 Å². The molecule has 8 heteroatoms. The number of guanidine groups is 1. The highest BCUT2D eigenvalue weighted by Crippen LogP contribution is 2.20. The Bertz CT molecular complexity index is 622. The number of hydrogen-bond donors (Lipinski definition) is 1. The molecule has 1 N–H and O–H groups in total. The van der Waals surface area contributed by atoms with E-state index >= 15 is 0 Å². The number of halogens is 2. The summed E-state index contributed by atoms with van der Waals surface area (Å²) in [5.74, 6) is 1.62. The topological polar surface area (TPSA) is 40.5 Å². The number of hydrogen-bond acceptors (Lipinski definition) is 4. The second kappa shape index (κ2) is 11.6. The van der Waals surface area contributed by atoms with Crippen LogP contribution in [0.25, 0.3) is 0 Å². The van der Waals surface area contributed by atoms with Crippen molar-refractivity contribution in [1.29, 1.82) is 0 Å². The van der Waals surface area contributed by atoms with Crippen molar-refractivity contribution in [3.8, 4) is 0 Å². The smallest absolute Gasteiger partial charge is 0.193 e. The molecule has 0 bridgehead atoms. The molecular formula is C16H22FIN4S2.